The lowest BCUT2D eigenvalue weighted by Gasteiger charge is -2.38. The number of benzene rings is 1. The number of hydrogen-bond acceptors (Lipinski definition) is 4. The van der Waals surface area contributed by atoms with Gasteiger partial charge in [-0.2, -0.15) is 13.2 Å². The van der Waals surface area contributed by atoms with Crippen LogP contribution in [0.25, 0.3) is 0 Å². The molecule has 0 saturated carbocycles. The first kappa shape index (κ1) is 17.8. The van der Waals surface area contributed by atoms with Crippen LogP contribution in [0.2, 0.25) is 0 Å². The number of likely N-dealkylation sites (tertiary alicyclic amines) is 1. The van der Waals surface area contributed by atoms with Crippen LogP contribution >= 0.6 is 0 Å². The maximum absolute atomic E-state index is 12.9. The van der Waals surface area contributed by atoms with Gasteiger partial charge >= 0.3 is 12.2 Å². The Balaban J connectivity index is 1.53. The van der Waals surface area contributed by atoms with E-state index in [2.05, 4.69) is 10.3 Å². The van der Waals surface area contributed by atoms with Crippen molar-refractivity contribution in [2.24, 2.45) is 0 Å². The Morgan fingerprint density at radius 1 is 1.23 bits per heavy atom. The molecule has 2 aromatic rings. The fraction of sp³-hybridized carbons (Fsp3) is 0.294. The van der Waals surface area contributed by atoms with Crippen LogP contribution in [0.15, 0.2) is 42.6 Å². The van der Waals surface area contributed by atoms with Crippen LogP contribution in [-0.4, -0.2) is 42.2 Å². The molecule has 2 amide bonds. The summed E-state index contributed by atoms with van der Waals surface area (Å²) < 4.78 is 49.1. The summed E-state index contributed by atoms with van der Waals surface area (Å²) in [6, 6.07) is 8.55. The molecule has 1 aromatic heterocycles. The highest BCUT2D eigenvalue weighted by molar-refractivity contribution is 5.90. The van der Waals surface area contributed by atoms with Crippen molar-refractivity contribution in [1.29, 1.82) is 0 Å². The zero-order chi connectivity index (χ0) is 18.7. The summed E-state index contributed by atoms with van der Waals surface area (Å²) in [5.41, 5.74) is -0.342. The summed E-state index contributed by atoms with van der Waals surface area (Å²) >= 11 is 0. The number of carbonyl (C=O) groups excluding carboxylic acids is 1. The van der Waals surface area contributed by atoms with Crippen LogP contribution in [0.5, 0.6) is 11.6 Å². The molecule has 3 rings (SSSR count). The van der Waals surface area contributed by atoms with Gasteiger partial charge in [0.05, 0.1) is 20.2 Å². The number of alkyl halides is 3. The summed E-state index contributed by atoms with van der Waals surface area (Å²) in [6.07, 6.45) is -3.84. The van der Waals surface area contributed by atoms with Crippen molar-refractivity contribution in [3.63, 3.8) is 0 Å². The molecular weight excluding hydrogens is 351 g/mol. The molecule has 0 aliphatic carbocycles. The van der Waals surface area contributed by atoms with E-state index in [-0.39, 0.29) is 19.1 Å². The molecule has 1 N–H and O–H groups in total. The van der Waals surface area contributed by atoms with E-state index in [1.807, 2.05) is 0 Å². The lowest BCUT2D eigenvalue weighted by molar-refractivity contribution is -0.140. The van der Waals surface area contributed by atoms with Crippen LogP contribution in [0.3, 0.4) is 0 Å². The molecule has 0 radical (unpaired) electrons. The molecule has 0 atom stereocenters. The molecule has 1 aliphatic heterocycles. The zero-order valence-corrected chi connectivity index (χ0v) is 13.8. The number of carbonyl (C=O) groups is 1. The van der Waals surface area contributed by atoms with E-state index in [0.717, 1.165) is 6.07 Å². The normalized spacial score (nSPS) is 14.5. The van der Waals surface area contributed by atoms with Crippen LogP contribution in [0.1, 0.15) is 5.56 Å². The third kappa shape index (κ3) is 3.98. The first-order valence-corrected chi connectivity index (χ1v) is 7.75. The number of hydrogen-bond donors (Lipinski definition) is 1. The number of aromatic nitrogens is 1. The monoisotopic (exact) mass is 367 g/mol. The van der Waals surface area contributed by atoms with Gasteiger partial charge in [0.15, 0.2) is 0 Å². The largest absolute Gasteiger partial charge is 0.497 e. The zero-order valence-electron chi connectivity index (χ0n) is 13.8. The average molecular weight is 367 g/mol. The van der Waals surface area contributed by atoms with Crippen LogP contribution in [-0.2, 0) is 6.18 Å². The van der Waals surface area contributed by atoms with Crippen molar-refractivity contribution in [2.45, 2.75) is 12.3 Å². The molecule has 1 aliphatic rings. The molecule has 0 spiro atoms. The Hall–Kier alpha value is -2.97. The fourth-order valence-electron chi connectivity index (χ4n) is 2.41. The molecule has 0 bridgehead atoms. The van der Waals surface area contributed by atoms with Gasteiger partial charge in [0.2, 0.25) is 5.88 Å². The highest BCUT2D eigenvalue weighted by Crippen LogP contribution is 2.35. The predicted molar refractivity (Wildman–Crippen MR) is 87.2 cm³/mol. The van der Waals surface area contributed by atoms with Crippen molar-refractivity contribution >= 4 is 11.7 Å². The van der Waals surface area contributed by atoms with E-state index >= 15 is 0 Å². The van der Waals surface area contributed by atoms with Gasteiger partial charge in [0.25, 0.3) is 0 Å². The summed E-state index contributed by atoms with van der Waals surface area (Å²) in [7, 11) is 1.54. The number of halogens is 3. The summed E-state index contributed by atoms with van der Waals surface area (Å²) in [5, 5.41) is 2.70. The van der Waals surface area contributed by atoms with Crippen molar-refractivity contribution < 1.29 is 27.4 Å². The molecule has 2 heterocycles. The van der Waals surface area contributed by atoms with Crippen LogP contribution in [0, 0.1) is 0 Å². The van der Waals surface area contributed by atoms with Crippen molar-refractivity contribution in [3.05, 3.63) is 48.2 Å². The van der Waals surface area contributed by atoms with Crippen molar-refractivity contribution in [3.8, 4) is 11.6 Å². The first-order valence-electron chi connectivity index (χ1n) is 7.75. The summed E-state index contributed by atoms with van der Waals surface area (Å²) in [5.74, 6) is 0.191. The lowest BCUT2D eigenvalue weighted by atomic mass is 10.2. The number of ether oxygens (including phenoxy) is 2. The molecular formula is C17H16F3N3O3. The second kappa shape index (κ2) is 7.11. The minimum absolute atomic E-state index is 0.176. The third-order valence-electron chi connectivity index (χ3n) is 3.83. The van der Waals surface area contributed by atoms with E-state index < -0.39 is 23.7 Å². The molecule has 138 valence electrons. The Bertz CT molecular complexity index is 775. The van der Waals surface area contributed by atoms with E-state index in [4.69, 9.17) is 9.47 Å². The Kier molecular flexibility index (Phi) is 4.88. The number of nitrogens with one attached hydrogen (secondary N) is 1. The van der Waals surface area contributed by atoms with Crippen LogP contribution < -0.4 is 14.8 Å². The molecule has 6 nitrogen and oxygen atoms in total. The number of nitrogens with zero attached hydrogens (tertiary/aromatic N) is 2. The van der Waals surface area contributed by atoms with Crippen molar-refractivity contribution in [1.82, 2.24) is 9.88 Å². The number of anilines is 1. The Morgan fingerprint density at radius 3 is 2.54 bits per heavy atom. The fourth-order valence-corrected chi connectivity index (χ4v) is 2.41. The Labute approximate surface area is 147 Å². The maximum atomic E-state index is 12.9. The van der Waals surface area contributed by atoms with Gasteiger partial charge in [0, 0.05) is 11.9 Å². The van der Waals surface area contributed by atoms with E-state index in [1.54, 1.807) is 31.4 Å². The van der Waals surface area contributed by atoms with Crippen molar-refractivity contribution in [2.75, 3.05) is 25.5 Å². The van der Waals surface area contributed by atoms with Gasteiger partial charge in [-0.3, -0.25) is 0 Å². The quantitative estimate of drug-likeness (QED) is 0.900. The number of methoxy groups -OCH3 is 1. The second-order valence-corrected chi connectivity index (χ2v) is 5.66. The van der Waals surface area contributed by atoms with Gasteiger partial charge in [-0.1, -0.05) is 0 Å². The number of pyridine rings is 1. The summed E-state index contributed by atoms with van der Waals surface area (Å²) in [4.78, 5) is 17.2. The average Bonchev–Trinajstić information content (AvgIpc) is 2.57. The van der Waals surface area contributed by atoms with E-state index in [0.29, 0.717) is 11.4 Å². The van der Waals surface area contributed by atoms with Crippen LogP contribution in [0.4, 0.5) is 23.7 Å². The highest BCUT2D eigenvalue weighted by Gasteiger charge is 2.38. The minimum atomic E-state index is -4.54. The third-order valence-corrected chi connectivity index (χ3v) is 3.83. The maximum Gasteiger partial charge on any atom is 0.421 e. The molecule has 1 fully saturated rings. The topological polar surface area (TPSA) is 63.7 Å². The van der Waals surface area contributed by atoms with Gasteiger partial charge in [-0.25, -0.2) is 9.78 Å². The smallest absolute Gasteiger partial charge is 0.421 e. The highest BCUT2D eigenvalue weighted by atomic mass is 19.4. The van der Waals surface area contributed by atoms with Gasteiger partial charge in [0.1, 0.15) is 17.4 Å². The lowest BCUT2D eigenvalue weighted by Crippen LogP contribution is -2.57. The first-order chi connectivity index (χ1) is 12.4. The van der Waals surface area contributed by atoms with Gasteiger partial charge in [-0.15, -0.1) is 0 Å². The molecule has 9 heteroatoms. The SMILES string of the molecule is COc1ccc(NC(=O)N2CC(Oc3ncccc3C(F)(F)F)C2)cc1. The number of rotatable bonds is 4. The standard InChI is InChI=1S/C17H16F3N3O3/c1-25-12-6-4-11(5-7-12)22-16(24)23-9-13(10-23)26-15-14(17(18,19)20)3-2-8-21-15/h2-8,13H,9-10H2,1H3,(H,22,24). The molecule has 1 saturated heterocycles. The Morgan fingerprint density at radius 2 is 1.92 bits per heavy atom. The molecule has 1 aromatic carbocycles. The number of urea groups is 1. The van der Waals surface area contributed by atoms with E-state index in [9.17, 15) is 18.0 Å². The van der Waals surface area contributed by atoms with E-state index in [1.165, 1.54) is 17.2 Å². The van der Waals surface area contributed by atoms with Gasteiger partial charge in [-0.05, 0) is 36.4 Å². The number of amides is 2. The molecule has 26 heavy (non-hydrogen) atoms. The molecule has 0 unspecified atom stereocenters. The van der Waals surface area contributed by atoms with Gasteiger partial charge < -0.3 is 19.7 Å². The predicted octanol–water partition coefficient (Wildman–Crippen LogP) is 3.40. The second-order valence-electron chi connectivity index (χ2n) is 5.66. The minimum Gasteiger partial charge on any atom is -0.497 e. The summed E-state index contributed by atoms with van der Waals surface area (Å²) in [6.45, 7) is 0.353.